The molecule has 1 atom stereocenters. The minimum Gasteiger partial charge on any atom is -0.481 e. The highest BCUT2D eigenvalue weighted by molar-refractivity contribution is 7.07. The molecule has 0 amide bonds. The molecule has 0 spiro atoms. The third-order valence-electron chi connectivity index (χ3n) is 6.56. The SMILES string of the molecule is C#CCOc1ccc(/C=c2/sc3n(c2=O)[C@H](c2ccc(F)cc2)C2=C(N=3)c3ccccc3CC2)cc1. The lowest BCUT2D eigenvalue weighted by Crippen LogP contribution is -2.38. The Morgan fingerprint density at radius 3 is 2.64 bits per heavy atom. The zero-order chi connectivity index (χ0) is 24.6. The van der Waals surface area contributed by atoms with Gasteiger partial charge in [0.15, 0.2) is 4.80 Å². The lowest BCUT2D eigenvalue weighted by Gasteiger charge is -2.30. The van der Waals surface area contributed by atoms with E-state index in [0.717, 1.165) is 40.8 Å². The summed E-state index contributed by atoms with van der Waals surface area (Å²) in [5.41, 5.74) is 6.02. The van der Waals surface area contributed by atoms with Gasteiger partial charge >= 0.3 is 0 Å². The number of fused-ring (bicyclic) bond motifs is 3. The highest BCUT2D eigenvalue weighted by Gasteiger charge is 2.32. The van der Waals surface area contributed by atoms with E-state index in [-0.39, 0.29) is 24.0 Å². The van der Waals surface area contributed by atoms with Gasteiger partial charge in [0.1, 0.15) is 18.2 Å². The number of aryl methyl sites for hydroxylation is 1. The molecular weight excluding hydrogens is 471 g/mol. The van der Waals surface area contributed by atoms with Crippen molar-refractivity contribution in [1.29, 1.82) is 0 Å². The first-order valence-electron chi connectivity index (χ1n) is 11.7. The average molecular weight is 493 g/mol. The van der Waals surface area contributed by atoms with Crippen molar-refractivity contribution in [2.24, 2.45) is 4.99 Å². The first-order valence-corrected chi connectivity index (χ1v) is 12.5. The number of halogens is 1. The maximum absolute atomic E-state index is 13.8. The molecule has 0 bridgehead atoms. The molecule has 3 aromatic carbocycles. The predicted molar refractivity (Wildman–Crippen MR) is 140 cm³/mol. The summed E-state index contributed by atoms with van der Waals surface area (Å²) in [7, 11) is 0. The van der Waals surface area contributed by atoms with Crippen LogP contribution >= 0.6 is 11.3 Å². The second-order valence-corrected chi connectivity index (χ2v) is 9.74. The molecule has 0 saturated carbocycles. The topological polar surface area (TPSA) is 43.6 Å². The zero-order valence-corrected chi connectivity index (χ0v) is 20.1. The number of rotatable bonds is 4. The number of thiazole rings is 1. The van der Waals surface area contributed by atoms with E-state index in [0.29, 0.717) is 15.1 Å². The van der Waals surface area contributed by atoms with Gasteiger partial charge in [-0.1, -0.05) is 65.8 Å². The summed E-state index contributed by atoms with van der Waals surface area (Å²) in [5.74, 6) is 2.82. The van der Waals surface area contributed by atoms with Crippen LogP contribution in [0.5, 0.6) is 5.75 Å². The Labute approximate surface area is 211 Å². The number of ether oxygens (including phenoxy) is 1. The Balaban J connectivity index is 1.52. The highest BCUT2D eigenvalue weighted by Crippen LogP contribution is 2.41. The van der Waals surface area contributed by atoms with Crippen LogP contribution in [0.3, 0.4) is 0 Å². The Morgan fingerprint density at radius 1 is 1.08 bits per heavy atom. The van der Waals surface area contributed by atoms with E-state index < -0.39 is 0 Å². The summed E-state index contributed by atoms with van der Waals surface area (Å²) in [6, 6.07) is 21.8. The van der Waals surface area contributed by atoms with Crippen LogP contribution < -0.4 is 19.6 Å². The maximum Gasteiger partial charge on any atom is 0.271 e. The van der Waals surface area contributed by atoms with Crippen LogP contribution in [0, 0.1) is 18.2 Å². The largest absolute Gasteiger partial charge is 0.481 e. The summed E-state index contributed by atoms with van der Waals surface area (Å²) >= 11 is 1.37. The third-order valence-corrected chi connectivity index (χ3v) is 7.54. The highest BCUT2D eigenvalue weighted by atomic mass is 32.1. The molecule has 36 heavy (non-hydrogen) atoms. The molecule has 2 heterocycles. The van der Waals surface area contributed by atoms with E-state index in [4.69, 9.17) is 16.2 Å². The van der Waals surface area contributed by atoms with Crippen molar-refractivity contribution in [2.45, 2.75) is 18.9 Å². The van der Waals surface area contributed by atoms with Crippen LogP contribution in [0.25, 0.3) is 11.8 Å². The zero-order valence-electron chi connectivity index (χ0n) is 19.3. The second-order valence-electron chi connectivity index (χ2n) is 8.73. The molecule has 1 aliphatic carbocycles. The van der Waals surface area contributed by atoms with Gasteiger partial charge in [-0.3, -0.25) is 9.36 Å². The molecule has 0 radical (unpaired) electrons. The molecule has 4 aromatic rings. The van der Waals surface area contributed by atoms with Gasteiger partial charge in [0.05, 0.1) is 16.3 Å². The lowest BCUT2D eigenvalue weighted by molar-refractivity contribution is 0.370. The van der Waals surface area contributed by atoms with Gasteiger partial charge in [-0.05, 0) is 65.4 Å². The molecule has 0 N–H and O–H groups in total. The maximum atomic E-state index is 13.8. The fraction of sp³-hybridized carbons (Fsp3) is 0.133. The minimum absolute atomic E-state index is 0.105. The van der Waals surface area contributed by atoms with Gasteiger partial charge in [0, 0.05) is 5.56 Å². The summed E-state index contributed by atoms with van der Waals surface area (Å²) < 4.78 is 21.6. The van der Waals surface area contributed by atoms with E-state index in [9.17, 15) is 9.18 Å². The second kappa shape index (κ2) is 9.10. The van der Waals surface area contributed by atoms with E-state index in [1.54, 1.807) is 16.7 Å². The van der Waals surface area contributed by atoms with Crippen molar-refractivity contribution in [3.05, 3.63) is 126 Å². The first kappa shape index (κ1) is 22.3. The standard InChI is InChI=1S/C30H21FN2O2S/c1-2-17-35-23-14-7-19(8-15-23)18-26-29(34)33-28(21-9-12-22(31)13-10-21)25-16-11-20-5-3-4-6-24(20)27(25)32-30(33)36-26/h1,3-10,12-15,18,28H,11,16-17H2/b26-18+/t28-/m1/s1. The van der Waals surface area contributed by atoms with Crippen LogP contribution in [-0.4, -0.2) is 11.2 Å². The summed E-state index contributed by atoms with van der Waals surface area (Å²) in [4.78, 5) is 19.4. The van der Waals surface area contributed by atoms with Gasteiger partial charge in [0.2, 0.25) is 0 Å². The average Bonchev–Trinajstić information content (AvgIpc) is 3.22. The monoisotopic (exact) mass is 492 g/mol. The molecule has 1 aromatic heterocycles. The molecule has 0 saturated heterocycles. The van der Waals surface area contributed by atoms with Crippen molar-refractivity contribution in [3.8, 4) is 18.1 Å². The van der Waals surface area contributed by atoms with E-state index in [1.165, 1.54) is 29.0 Å². The van der Waals surface area contributed by atoms with E-state index in [1.807, 2.05) is 42.5 Å². The van der Waals surface area contributed by atoms with Gasteiger partial charge in [0.25, 0.3) is 5.56 Å². The quantitative estimate of drug-likeness (QED) is 0.395. The van der Waals surface area contributed by atoms with Crippen LogP contribution in [0.4, 0.5) is 4.39 Å². The normalized spacial score (nSPS) is 16.4. The summed E-state index contributed by atoms with van der Waals surface area (Å²) in [6.45, 7) is 0.203. The smallest absolute Gasteiger partial charge is 0.271 e. The fourth-order valence-corrected chi connectivity index (χ4v) is 5.91. The number of hydrogen-bond acceptors (Lipinski definition) is 4. The van der Waals surface area contributed by atoms with Gasteiger partial charge in [-0.25, -0.2) is 9.38 Å². The van der Waals surface area contributed by atoms with Crippen LogP contribution in [0.15, 0.2) is 88.2 Å². The molecule has 1 aliphatic heterocycles. The van der Waals surface area contributed by atoms with Crippen LogP contribution in [0.2, 0.25) is 0 Å². The summed E-state index contributed by atoms with van der Waals surface area (Å²) in [5, 5.41) is 0. The number of nitrogens with zero attached hydrogens (tertiary/aromatic N) is 2. The molecule has 4 nitrogen and oxygen atoms in total. The molecule has 6 rings (SSSR count). The number of allylic oxidation sites excluding steroid dienone is 1. The predicted octanol–water partition coefficient (Wildman–Crippen LogP) is 4.47. The van der Waals surface area contributed by atoms with Gasteiger partial charge in [-0.15, -0.1) is 6.42 Å². The van der Waals surface area contributed by atoms with Gasteiger partial charge < -0.3 is 4.74 Å². The Morgan fingerprint density at radius 2 is 1.86 bits per heavy atom. The van der Waals surface area contributed by atoms with Crippen molar-refractivity contribution < 1.29 is 9.13 Å². The Bertz CT molecular complexity index is 1720. The molecule has 0 unspecified atom stereocenters. The lowest BCUT2D eigenvalue weighted by atomic mass is 9.83. The third kappa shape index (κ3) is 3.88. The van der Waals surface area contributed by atoms with Crippen molar-refractivity contribution in [2.75, 3.05) is 6.61 Å². The molecule has 6 heteroatoms. The Kier molecular flexibility index (Phi) is 5.63. The Hall–Kier alpha value is -4.21. The van der Waals surface area contributed by atoms with Crippen molar-refractivity contribution >= 4 is 23.1 Å². The molecule has 0 fully saturated rings. The van der Waals surface area contributed by atoms with Crippen molar-refractivity contribution in [1.82, 2.24) is 4.57 Å². The first-order chi connectivity index (χ1) is 17.6. The molecular formula is C30H21FN2O2S. The molecule has 176 valence electrons. The van der Waals surface area contributed by atoms with E-state index >= 15 is 0 Å². The number of terminal acetylenes is 1. The number of hydrogen-bond donors (Lipinski definition) is 0. The minimum atomic E-state index is -0.327. The van der Waals surface area contributed by atoms with Crippen LogP contribution in [-0.2, 0) is 6.42 Å². The molecule has 2 aliphatic rings. The summed E-state index contributed by atoms with van der Waals surface area (Å²) in [6.07, 6.45) is 8.79. The number of benzene rings is 3. The fourth-order valence-electron chi connectivity index (χ4n) is 4.90. The van der Waals surface area contributed by atoms with Gasteiger partial charge in [-0.2, -0.15) is 0 Å². The van der Waals surface area contributed by atoms with E-state index in [2.05, 4.69) is 18.1 Å². The van der Waals surface area contributed by atoms with Crippen LogP contribution in [0.1, 0.15) is 34.7 Å². The number of aromatic nitrogens is 1. The van der Waals surface area contributed by atoms with Crippen molar-refractivity contribution in [3.63, 3.8) is 0 Å².